The average Bonchev–Trinajstić information content (AvgIpc) is 3.15. The second-order valence-electron chi connectivity index (χ2n) is 6.27. The quantitative estimate of drug-likeness (QED) is 0.279. The second kappa shape index (κ2) is 9.71. The molecule has 0 aliphatic carbocycles. The Morgan fingerprint density at radius 1 is 1.03 bits per heavy atom. The summed E-state index contributed by atoms with van der Waals surface area (Å²) in [6.07, 6.45) is 2.82. The topological polar surface area (TPSA) is 71.3 Å². The van der Waals surface area contributed by atoms with E-state index >= 15 is 0 Å². The van der Waals surface area contributed by atoms with Crippen molar-refractivity contribution in [3.8, 4) is 11.3 Å². The van der Waals surface area contributed by atoms with Crippen molar-refractivity contribution in [2.45, 2.75) is 6.92 Å². The summed E-state index contributed by atoms with van der Waals surface area (Å²) in [5.41, 5.74) is 1.88. The Bertz CT molecular complexity index is 1130. The van der Waals surface area contributed by atoms with Crippen LogP contribution in [0.3, 0.4) is 0 Å². The number of furan rings is 1. The number of ketones is 1. The maximum absolute atomic E-state index is 12.1. The van der Waals surface area contributed by atoms with Gasteiger partial charge in [0.25, 0.3) is 0 Å². The van der Waals surface area contributed by atoms with Crippen molar-refractivity contribution >= 4 is 64.0 Å². The van der Waals surface area contributed by atoms with E-state index in [0.29, 0.717) is 32.8 Å². The number of carbonyl (C=O) groups excluding carboxylic acids is 2. The Hall–Kier alpha value is -2.93. The van der Waals surface area contributed by atoms with Crippen molar-refractivity contribution in [1.29, 1.82) is 0 Å². The Labute approximate surface area is 188 Å². The number of Topliss-reactive ketones (excluding diaryl/α,β-unsaturated/α-hetero) is 1. The van der Waals surface area contributed by atoms with Gasteiger partial charge in [-0.3, -0.25) is 14.9 Å². The van der Waals surface area contributed by atoms with Gasteiger partial charge in [-0.05, 0) is 67.7 Å². The summed E-state index contributed by atoms with van der Waals surface area (Å²) in [4.78, 5) is 23.5. The number of nitrogens with one attached hydrogen (secondary N) is 2. The third kappa shape index (κ3) is 6.03. The van der Waals surface area contributed by atoms with Crippen LogP contribution in [0.1, 0.15) is 23.0 Å². The molecule has 8 heteroatoms. The first-order valence-electron chi connectivity index (χ1n) is 8.77. The molecule has 3 rings (SSSR count). The molecule has 0 aliphatic rings. The van der Waals surface area contributed by atoms with Gasteiger partial charge in [-0.2, -0.15) is 0 Å². The lowest BCUT2D eigenvalue weighted by molar-refractivity contribution is -0.115. The van der Waals surface area contributed by atoms with Gasteiger partial charge >= 0.3 is 0 Å². The van der Waals surface area contributed by atoms with Crippen LogP contribution < -0.4 is 10.6 Å². The Morgan fingerprint density at radius 2 is 1.77 bits per heavy atom. The van der Waals surface area contributed by atoms with Gasteiger partial charge in [-0.25, -0.2) is 0 Å². The van der Waals surface area contributed by atoms with Crippen LogP contribution in [0.15, 0.2) is 65.1 Å². The van der Waals surface area contributed by atoms with E-state index in [1.54, 1.807) is 54.6 Å². The summed E-state index contributed by atoms with van der Waals surface area (Å²) in [6, 6.07) is 15.4. The van der Waals surface area contributed by atoms with Crippen LogP contribution >= 0.6 is 35.4 Å². The molecule has 0 spiro atoms. The number of anilines is 1. The molecule has 152 valence electrons. The number of hydrogen-bond acceptors (Lipinski definition) is 4. The molecule has 0 unspecified atom stereocenters. The Kier molecular flexibility index (Phi) is 7.05. The Morgan fingerprint density at radius 3 is 2.47 bits per heavy atom. The van der Waals surface area contributed by atoms with Gasteiger partial charge in [0.1, 0.15) is 11.5 Å². The second-order valence-corrected chi connectivity index (χ2v) is 7.55. The summed E-state index contributed by atoms with van der Waals surface area (Å²) in [7, 11) is 0. The van der Waals surface area contributed by atoms with E-state index in [4.69, 9.17) is 39.8 Å². The lowest BCUT2D eigenvalue weighted by atomic mass is 10.1. The molecule has 2 aromatic carbocycles. The third-order valence-electron chi connectivity index (χ3n) is 3.94. The molecular weight excluding hydrogens is 443 g/mol. The fourth-order valence-electron chi connectivity index (χ4n) is 2.58. The molecule has 5 nitrogen and oxygen atoms in total. The predicted molar refractivity (Wildman–Crippen MR) is 124 cm³/mol. The maximum Gasteiger partial charge on any atom is 0.250 e. The highest BCUT2D eigenvalue weighted by molar-refractivity contribution is 7.80. The van der Waals surface area contributed by atoms with Gasteiger partial charge in [0.15, 0.2) is 10.9 Å². The zero-order valence-corrected chi connectivity index (χ0v) is 18.1. The highest BCUT2D eigenvalue weighted by atomic mass is 35.5. The maximum atomic E-state index is 12.1. The summed E-state index contributed by atoms with van der Waals surface area (Å²) >= 11 is 17.2. The van der Waals surface area contributed by atoms with Gasteiger partial charge in [0, 0.05) is 32.9 Å². The summed E-state index contributed by atoms with van der Waals surface area (Å²) in [5.74, 6) is 0.555. The van der Waals surface area contributed by atoms with Gasteiger partial charge in [0.05, 0.1) is 0 Å². The van der Waals surface area contributed by atoms with Gasteiger partial charge < -0.3 is 9.73 Å². The van der Waals surface area contributed by atoms with Crippen molar-refractivity contribution < 1.29 is 14.0 Å². The third-order valence-corrected chi connectivity index (χ3v) is 4.58. The van der Waals surface area contributed by atoms with Crippen molar-refractivity contribution in [3.05, 3.63) is 82.0 Å². The van der Waals surface area contributed by atoms with E-state index in [9.17, 15) is 9.59 Å². The molecule has 2 N–H and O–H groups in total. The molecule has 1 heterocycles. The number of amides is 1. The lowest BCUT2D eigenvalue weighted by Crippen LogP contribution is -2.32. The van der Waals surface area contributed by atoms with Gasteiger partial charge in [0.2, 0.25) is 5.91 Å². The molecule has 0 saturated heterocycles. The highest BCUT2D eigenvalue weighted by Gasteiger charge is 2.07. The number of rotatable bonds is 5. The fraction of sp³-hybridized carbons (Fsp3) is 0.0455. The molecule has 0 bridgehead atoms. The van der Waals surface area contributed by atoms with Crippen LogP contribution in [-0.4, -0.2) is 16.8 Å². The first-order valence-corrected chi connectivity index (χ1v) is 9.94. The summed E-state index contributed by atoms with van der Waals surface area (Å²) in [6.45, 7) is 1.48. The van der Waals surface area contributed by atoms with Crippen LogP contribution in [-0.2, 0) is 4.79 Å². The van der Waals surface area contributed by atoms with Crippen LogP contribution in [0, 0.1) is 0 Å². The van der Waals surface area contributed by atoms with Gasteiger partial charge in [-0.1, -0.05) is 35.3 Å². The minimum absolute atomic E-state index is 0.0607. The van der Waals surface area contributed by atoms with E-state index < -0.39 is 5.91 Å². The van der Waals surface area contributed by atoms with E-state index in [1.807, 2.05) is 0 Å². The van der Waals surface area contributed by atoms with Crippen LogP contribution in [0.4, 0.5) is 5.69 Å². The predicted octanol–water partition coefficient (Wildman–Crippen LogP) is 5.98. The molecule has 1 amide bonds. The van der Waals surface area contributed by atoms with Crippen molar-refractivity contribution in [2.75, 3.05) is 5.32 Å². The smallest absolute Gasteiger partial charge is 0.250 e. The lowest BCUT2D eigenvalue weighted by Gasteiger charge is -2.08. The number of hydrogen-bond donors (Lipinski definition) is 2. The molecule has 30 heavy (non-hydrogen) atoms. The number of benzene rings is 2. The molecular formula is C22H16Cl2N2O3S. The molecule has 1 aromatic heterocycles. The minimum Gasteiger partial charge on any atom is -0.457 e. The zero-order valence-electron chi connectivity index (χ0n) is 15.7. The highest BCUT2D eigenvalue weighted by Crippen LogP contribution is 2.28. The normalized spacial score (nSPS) is 10.8. The van der Waals surface area contributed by atoms with Crippen molar-refractivity contribution in [3.63, 3.8) is 0 Å². The fourth-order valence-corrected chi connectivity index (χ4v) is 3.33. The van der Waals surface area contributed by atoms with Crippen molar-refractivity contribution in [2.24, 2.45) is 0 Å². The van der Waals surface area contributed by atoms with E-state index in [0.717, 1.165) is 5.56 Å². The summed E-state index contributed by atoms with van der Waals surface area (Å²) in [5, 5.41) is 6.51. The summed E-state index contributed by atoms with van der Waals surface area (Å²) < 4.78 is 5.70. The van der Waals surface area contributed by atoms with Crippen LogP contribution in [0.5, 0.6) is 0 Å². The standard InChI is InChI=1S/C22H16Cl2N2O3S/c1-13(27)14-3-2-4-18(11-14)25-22(30)26-21(28)8-6-19-5-7-20(29-19)15-9-16(23)12-17(24)10-15/h2-12H,1H3,(H2,25,26,28,30)/b8-6+. The number of carbonyl (C=O) groups is 2. The van der Waals surface area contributed by atoms with Crippen LogP contribution in [0.25, 0.3) is 17.4 Å². The Balaban J connectivity index is 1.59. The molecule has 0 atom stereocenters. The first kappa shape index (κ1) is 21.8. The molecule has 3 aromatic rings. The monoisotopic (exact) mass is 458 g/mol. The van der Waals surface area contributed by atoms with E-state index in [2.05, 4.69) is 10.6 Å². The van der Waals surface area contributed by atoms with Crippen LogP contribution in [0.2, 0.25) is 10.0 Å². The molecule has 0 fully saturated rings. The molecule has 0 aliphatic heterocycles. The largest absolute Gasteiger partial charge is 0.457 e. The molecule has 0 radical (unpaired) electrons. The SMILES string of the molecule is CC(=O)c1cccc(NC(=S)NC(=O)/C=C/c2ccc(-c3cc(Cl)cc(Cl)c3)o2)c1. The number of thiocarbonyl (C=S) groups is 1. The first-order chi connectivity index (χ1) is 14.3. The molecule has 0 saturated carbocycles. The van der Waals surface area contributed by atoms with Crippen molar-refractivity contribution in [1.82, 2.24) is 5.32 Å². The average molecular weight is 459 g/mol. The van der Waals surface area contributed by atoms with E-state index in [1.165, 1.54) is 19.1 Å². The van der Waals surface area contributed by atoms with E-state index in [-0.39, 0.29) is 10.9 Å². The number of halogens is 2. The zero-order chi connectivity index (χ0) is 21.7. The van der Waals surface area contributed by atoms with Gasteiger partial charge in [-0.15, -0.1) is 0 Å². The minimum atomic E-state index is -0.432.